The maximum absolute atomic E-state index is 11.7. The highest BCUT2D eigenvalue weighted by Crippen LogP contribution is 2.29. The molecule has 1 aliphatic rings. The van der Waals surface area contributed by atoms with Crippen molar-refractivity contribution in [1.29, 1.82) is 0 Å². The maximum atomic E-state index is 11.7. The summed E-state index contributed by atoms with van der Waals surface area (Å²) in [6, 6.07) is 6.87. The molecule has 2 rings (SSSR count). The number of anilines is 1. The summed E-state index contributed by atoms with van der Waals surface area (Å²) in [5, 5.41) is 4.27. The van der Waals surface area contributed by atoms with E-state index in [0.29, 0.717) is 16.3 Å². The minimum Gasteiger partial charge on any atom is -0.388 e. The zero-order chi connectivity index (χ0) is 12.2. The second-order valence-corrected chi connectivity index (χ2v) is 4.79. The lowest BCUT2D eigenvalue weighted by molar-refractivity contribution is 0.604. The molecule has 1 aromatic rings. The number of nitrogens with one attached hydrogen (secondary N) is 1. The Bertz CT molecular complexity index is 489. The van der Waals surface area contributed by atoms with Crippen molar-refractivity contribution < 1.29 is 8.42 Å². The number of fused-ring (bicyclic) bond motifs is 1. The van der Waals surface area contributed by atoms with Crippen LogP contribution in [0.25, 0.3) is 0 Å². The monoisotopic (exact) mass is 238 g/mol. The van der Waals surface area contributed by atoms with Gasteiger partial charge in [-0.25, -0.2) is 14.8 Å². The number of hydrogen-bond acceptors (Lipinski definition) is 3. The van der Waals surface area contributed by atoms with Crippen molar-refractivity contribution in [2.75, 3.05) is 5.32 Å². The van der Waals surface area contributed by atoms with Crippen LogP contribution in [0.3, 0.4) is 0 Å². The molecule has 88 valence electrons. The van der Waals surface area contributed by atoms with Crippen LogP contribution in [-0.4, -0.2) is 8.42 Å². The molecule has 0 aliphatic carbocycles. The van der Waals surface area contributed by atoms with E-state index < -0.39 is 9.84 Å². The molecular formula is C12H16NO2S-. The Balaban J connectivity index is 0.000000606. The van der Waals surface area contributed by atoms with Crippen molar-refractivity contribution in [3.05, 3.63) is 41.8 Å². The fourth-order valence-corrected chi connectivity index (χ4v) is 2.72. The standard InChI is InChI=1S/C10H10NO2S.C2H6/c1-2-8-7-14(12,13)10-6-4-3-5-9(10)11-8;1-2/h2-7,11H,1H3;1-2H3/q-1;. The van der Waals surface area contributed by atoms with Crippen LogP contribution in [0.5, 0.6) is 0 Å². The molecule has 1 aromatic carbocycles. The molecule has 0 saturated heterocycles. The third kappa shape index (κ3) is 2.39. The van der Waals surface area contributed by atoms with Gasteiger partial charge in [-0.2, -0.15) is 0 Å². The number of allylic oxidation sites excluding steroid dienone is 1. The van der Waals surface area contributed by atoms with Crippen molar-refractivity contribution in [3.63, 3.8) is 0 Å². The highest BCUT2D eigenvalue weighted by molar-refractivity contribution is 7.94. The molecule has 1 aliphatic heterocycles. The first-order valence-electron chi connectivity index (χ1n) is 5.26. The van der Waals surface area contributed by atoms with Crippen LogP contribution in [0.2, 0.25) is 0 Å². The van der Waals surface area contributed by atoms with Crippen molar-refractivity contribution >= 4 is 15.5 Å². The van der Waals surface area contributed by atoms with E-state index in [1.54, 1.807) is 37.6 Å². The summed E-state index contributed by atoms with van der Waals surface area (Å²) in [6.45, 7) is 5.79. The SMILES string of the molecule is CC.C[CH-]C1=CS(=O)(=O)c2ccccc2N1. The topological polar surface area (TPSA) is 46.2 Å². The smallest absolute Gasteiger partial charge is 0.137 e. The van der Waals surface area contributed by atoms with Gasteiger partial charge in [-0.15, -0.1) is 12.6 Å². The summed E-state index contributed by atoms with van der Waals surface area (Å²) < 4.78 is 23.4. The first kappa shape index (κ1) is 12.6. The Hall–Kier alpha value is -1.42. The van der Waals surface area contributed by atoms with Crippen LogP contribution < -0.4 is 5.32 Å². The van der Waals surface area contributed by atoms with E-state index in [-0.39, 0.29) is 0 Å². The molecule has 0 bridgehead atoms. The van der Waals surface area contributed by atoms with Gasteiger partial charge in [0.25, 0.3) is 0 Å². The third-order valence-electron chi connectivity index (χ3n) is 2.07. The molecule has 4 heteroatoms. The van der Waals surface area contributed by atoms with Gasteiger partial charge in [0.2, 0.25) is 0 Å². The quantitative estimate of drug-likeness (QED) is 0.765. The van der Waals surface area contributed by atoms with Gasteiger partial charge in [-0.3, -0.25) is 0 Å². The summed E-state index contributed by atoms with van der Waals surface area (Å²) >= 11 is 0. The highest BCUT2D eigenvalue weighted by Gasteiger charge is 2.15. The zero-order valence-corrected chi connectivity index (χ0v) is 10.5. The predicted molar refractivity (Wildman–Crippen MR) is 66.7 cm³/mol. The van der Waals surface area contributed by atoms with Gasteiger partial charge in [0.05, 0.1) is 10.6 Å². The lowest BCUT2D eigenvalue weighted by atomic mass is 10.3. The van der Waals surface area contributed by atoms with Gasteiger partial charge in [-0.05, 0) is 12.1 Å². The Morgan fingerprint density at radius 3 is 2.44 bits per heavy atom. The molecule has 0 amide bonds. The fourth-order valence-electron chi connectivity index (χ4n) is 1.37. The molecule has 0 saturated carbocycles. The van der Waals surface area contributed by atoms with Crippen LogP contribution in [0.4, 0.5) is 5.69 Å². The van der Waals surface area contributed by atoms with Crippen LogP contribution in [0.15, 0.2) is 40.3 Å². The van der Waals surface area contributed by atoms with E-state index in [2.05, 4.69) is 5.32 Å². The van der Waals surface area contributed by atoms with E-state index in [0.717, 1.165) is 0 Å². The minimum absolute atomic E-state index is 0.339. The normalized spacial score (nSPS) is 15.8. The summed E-state index contributed by atoms with van der Waals surface area (Å²) in [4.78, 5) is 0.339. The number of benzene rings is 1. The average Bonchev–Trinajstić information content (AvgIpc) is 2.31. The molecule has 3 nitrogen and oxygen atoms in total. The molecule has 0 unspecified atom stereocenters. The second-order valence-electron chi connectivity index (χ2n) is 3.03. The van der Waals surface area contributed by atoms with E-state index >= 15 is 0 Å². The van der Waals surface area contributed by atoms with Gasteiger partial charge in [0.15, 0.2) is 0 Å². The molecule has 0 radical (unpaired) electrons. The zero-order valence-electron chi connectivity index (χ0n) is 9.69. The van der Waals surface area contributed by atoms with E-state index in [4.69, 9.17) is 0 Å². The van der Waals surface area contributed by atoms with Crippen LogP contribution in [0, 0.1) is 6.42 Å². The summed E-state index contributed by atoms with van der Waals surface area (Å²) in [6.07, 6.45) is 1.73. The molecule has 0 fully saturated rings. The lowest BCUT2D eigenvalue weighted by Crippen LogP contribution is -2.12. The van der Waals surface area contributed by atoms with E-state index in [9.17, 15) is 8.42 Å². The van der Waals surface area contributed by atoms with Crippen molar-refractivity contribution in [3.8, 4) is 0 Å². The van der Waals surface area contributed by atoms with Crippen LogP contribution in [0.1, 0.15) is 20.8 Å². The average molecular weight is 238 g/mol. The molecule has 1 heterocycles. The number of rotatable bonds is 1. The summed E-state index contributed by atoms with van der Waals surface area (Å²) in [5.74, 6) is 0. The Morgan fingerprint density at radius 1 is 1.19 bits per heavy atom. The van der Waals surface area contributed by atoms with Crippen LogP contribution >= 0.6 is 0 Å². The van der Waals surface area contributed by atoms with Crippen molar-refractivity contribution in [2.45, 2.75) is 25.7 Å². The first-order valence-corrected chi connectivity index (χ1v) is 6.80. The summed E-state index contributed by atoms with van der Waals surface area (Å²) in [5.41, 5.74) is 1.26. The van der Waals surface area contributed by atoms with Gasteiger partial charge >= 0.3 is 0 Å². The molecule has 0 spiro atoms. The predicted octanol–water partition coefficient (Wildman–Crippen LogP) is 2.98. The molecular weight excluding hydrogens is 222 g/mol. The molecule has 1 N–H and O–H groups in total. The number of sulfone groups is 1. The van der Waals surface area contributed by atoms with Gasteiger partial charge < -0.3 is 5.32 Å². The van der Waals surface area contributed by atoms with Crippen molar-refractivity contribution in [2.24, 2.45) is 0 Å². The Kier molecular flexibility index (Phi) is 4.01. The third-order valence-corrected chi connectivity index (χ3v) is 3.60. The van der Waals surface area contributed by atoms with Gasteiger partial charge in [-0.1, -0.05) is 31.4 Å². The molecule has 16 heavy (non-hydrogen) atoms. The fraction of sp³-hybridized carbons (Fsp3) is 0.250. The highest BCUT2D eigenvalue weighted by atomic mass is 32.2. The Morgan fingerprint density at radius 2 is 1.81 bits per heavy atom. The van der Waals surface area contributed by atoms with Crippen LogP contribution in [-0.2, 0) is 9.84 Å². The minimum atomic E-state index is -3.26. The second kappa shape index (κ2) is 5.07. The Labute approximate surface area is 97.1 Å². The van der Waals surface area contributed by atoms with E-state index in [1.807, 2.05) is 13.8 Å². The molecule has 0 aromatic heterocycles. The maximum Gasteiger partial charge on any atom is 0.137 e. The van der Waals surface area contributed by atoms with Crippen molar-refractivity contribution in [1.82, 2.24) is 0 Å². The largest absolute Gasteiger partial charge is 0.388 e. The van der Waals surface area contributed by atoms with Gasteiger partial charge in [0.1, 0.15) is 9.84 Å². The number of para-hydroxylation sites is 1. The summed E-state index contributed by atoms with van der Waals surface area (Å²) in [7, 11) is -3.26. The van der Waals surface area contributed by atoms with Gasteiger partial charge in [0, 0.05) is 0 Å². The number of hydrogen-bond donors (Lipinski definition) is 1. The molecule has 0 atom stereocenters. The van der Waals surface area contributed by atoms with E-state index in [1.165, 1.54) is 5.41 Å². The first-order chi connectivity index (χ1) is 7.63. The lowest BCUT2D eigenvalue weighted by Gasteiger charge is -2.24.